The summed E-state index contributed by atoms with van der Waals surface area (Å²) in [6.07, 6.45) is 3.22. The molecule has 4 nitrogen and oxygen atoms in total. The minimum absolute atomic E-state index is 0. The molecule has 0 aromatic heterocycles. The van der Waals surface area contributed by atoms with E-state index in [-0.39, 0.29) is 42.3 Å². The van der Waals surface area contributed by atoms with Crippen LogP contribution in [0.4, 0.5) is 0 Å². The van der Waals surface area contributed by atoms with Crippen molar-refractivity contribution in [2.75, 3.05) is 13.1 Å². The van der Waals surface area contributed by atoms with E-state index in [1.807, 2.05) is 32.0 Å². The predicted octanol–water partition coefficient (Wildman–Crippen LogP) is 2.74. The van der Waals surface area contributed by atoms with Crippen molar-refractivity contribution in [1.29, 1.82) is 0 Å². The van der Waals surface area contributed by atoms with E-state index < -0.39 is 0 Å². The lowest BCUT2D eigenvalue weighted by Gasteiger charge is -2.35. The smallest absolute Gasteiger partial charge is 0.237 e. The lowest BCUT2D eigenvalue weighted by Crippen LogP contribution is -2.53. The van der Waals surface area contributed by atoms with Gasteiger partial charge in [-0.1, -0.05) is 36.8 Å². The monoisotopic (exact) mass is 361 g/mol. The van der Waals surface area contributed by atoms with E-state index in [0.717, 1.165) is 25.9 Å². The predicted molar refractivity (Wildman–Crippen MR) is 100 cm³/mol. The maximum absolute atomic E-state index is 12.4. The largest absolute Gasteiger partial charge is 0.353 e. The Labute approximate surface area is 152 Å². The van der Waals surface area contributed by atoms with E-state index >= 15 is 0 Å². The van der Waals surface area contributed by atoms with Crippen molar-refractivity contribution >= 4 is 30.7 Å². The Morgan fingerprint density at radius 3 is 2.52 bits per heavy atom. The van der Waals surface area contributed by atoms with Crippen molar-refractivity contribution in [1.82, 2.24) is 10.2 Å². The average Bonchev–Trinajstić information content (AvgIpc) is 2.46. The molecular formula is C17H29Cl2N3O. The Balaban J connectivity index is 0.00000242. The van der Waals surface area contributed by atoms with Gasteiger partial charge in [-0.3, -0.25) is 9.69 Å². The van der Waals surface area contributed by atoms with E-state index in [9.17, 15) is 4.79 Å². The van der Waals surface area contributed by atoms with Gasteiger partial charge in [0.05, 0.1) is 6.04 Å². The zero-order valence-corrected chi connectivity index (χ0v) is 15.6. The molecule has 1 unspecified atom stereocenters. The molecule has 0 aliphatic carbocycles. The third-order valence-corrected chi connectivity index (χ3v) is 3.86. The van der Waals surface area contributed by atoms with Crippen LogP contribution in [0, 0.1) is 0 Å². The maximum atomic E-state index is 12.4. The minimum Gasteiger partial charge on any atom is -0.353 e. The molecule has 1 aromatic rings. The number of rotatable bonds is 5. The summed E-state index contributed by atoms with van der Waals surface area (Å²) in [5.41, 5.74) is 6.84. The van der Waals surface area contributed by atoms with Crippen LogP contribution in [0.1, 0.15) is 38.7 Å². The second-order valence-corrected chi connectivity index (χ2v) is 6.67. The molecule has 1 amide bonds. The summed E-state index contributed by atoms with van der Waals surface area (Å²) in [6, 6.07) is 10.3. The quantitative estimate of drug-likeness (QED) is 0.847. The van der Waals surface area contributed by atoms with Crippen molar-refractivity contribution in [2.24, 2.45) is 5.73 Å². The van der Waals surface area contributed by atoms with Gasteiger partial charge in [0.15, 0.2) is 0 Å². The summed E-state index contributed by atoms with van der Waals surface area (Å²) in [7, 11) is 0. The molecule has 1 aromatic carbocycles. The van der Waals surface area contributed by atoms with Crippen LogP contribution in [0.2, 0.25) is 0 Å². The Kier molecular flexibility index (Phi) is 9.78. The molecule has 3 N–H and O–H groups in total. The van der Waals surface area contributed by atoms with E-state index in [0.29, 0.717) is 6.54 Å². The molecule has 0 radical (unpaired) electrons. The van der Waals surface area contributed by atoms with Gasteiger partial charge < -0.3 is 11.1 Å². The van der Waals surface area contributed by atoms with Crippen molar-refractivity contribution in [3.63, 3.8) is 0 Å². The summed E-state index contributed by atoms with van der Waals surface area (Å²) in [5, 5.41) is 3.00. The van der Waals surface area contributed by atoms with Crippen LogP contribution < -0.4 is 11.1 Å². The molecule has 1 heterocycles. The first-order valence-corrected chi connectivity index (χ1v) is 7.80. The summed E-state index contributed by atoms with van der Waals surface area (Å²) in [4.78, 5) is 14.7. The molecule has 6 heteroatoms. The fourth-order valence-corrected chi connectivity index (χ4v) is 2.73. The van der Waals surface area contributed by atoms with Crippen LogP contribution in [-0.2, 0) is 11.3 Å². The Morgan fingerprint density at radius 1 is 1.26 bits per heavy atom. The van der Waals surface area contributed by atoms with Gasteiger partial charge in [0, 0.05) is 18.6 Å². The van der Waals surface area contributed by atoms with E-state index in [4.69, 9.17) is 5.73 Å². The normalized spacial score (nSPS) is 18.5. The highest BCUT2D eigenvalue weighted by Crippen LogP contribution is 2.20. The van der Waals surface area contributed by atoms with Crippen LogP contribution in [0.25, 0.3) is 0 Å². The third kappa shape index (κ3) is 7.53. The van der Waals surface area contributed by atoms with E-state index in [2.05, 4.69) is 22.3 Å². The average molecular weight is 362 g/mol. The van der Waals surface area contributed by atoms with Crippen molar-refractivity contribution < 1.29 is 4.79 Å². The van der Waals surface area contributed by atoms with Crippen molar-refractivity contribution in [2.45, 2.75) is 51.2 Å². The van der Waals surface area contributed by atoms with Crippen LogP contribution in [0.3, 0.4) is 0 Å². The van der Waals surface area contributed by atoms with E-state index in [1.165, 1.54) is 12.0 Å². The maximum Gasteiger partial charge on any atom is 0.237 e. The number of likely N-dealkylation sites (tertiary alicyclic amines) is 1. The molecule has 1 fully saturated rings. The van der Waals surface area contributed by atoms with Crippen molar-refractivity contribution in [3.05, 3.63) is 35.9 Å². The van der Waals surface area contributed by atoms with Crippen LogP contribution in [0.15, 0.2) is 30.3 Å². The highest BCUT2D eigenvalue weighted by molar-refractivity contribution is 5.85. The molecular weight excluding hydrogens is 333 g/mol. The van der Waals surface area contributed by atoms with Crippen LogP contribution >= 0.6 is 24.8 Å². The number of amides is 1. The fourth-order valence-electron chi connectivity index (χ4n) is 2.73. The standard InChI is InChI=1S/C17H27N3O.2ClH/c1-17(2,18)13-19-16(21)15-10-6-7-11-20(15)12-14-8-4-3-5-9-14;;/h3-5,8-9,15H,6-7,10-13,18H2,1-2H3,(H,19,21);2*1H. The first-order chi connectivity index (χ1) is 9.96. The first-order valence-electron chi connectivity index (χ1n) is 7.80. The molecule has 0 saturated carbocycles. The Hall–Kier alpha value is -0.810. The highest BCUT2D eigenvalue weighted by Gasteiger charge is 2.29. The van der Waals surface area contributed by atoms with Crippen molar-refractivity contribution in [3.8, 4) is 0 Å². The van der Waals surface area contributed by atoms with Gasteiger partial charge in [-0.15, -0.1) is 24.8 Å². The van der Waals surface area contributed by atoms with E-state index in [1.54, 1.807) is 0 Å². The zero-order valence-electron chi connectivity index (χ0n) is 14.0. The summed E-state index contributed by atoms with van der Waals surface area (Å²) < 4.78 is 0. The second kappa shape index (κ2) is 10.1. The zero-order chi connectivity index (χ0) is 15.3. The number of halogens is 2. The fraction of sp³-hybridized carbons (Fsp3) is 0.588. The van der Waals surface area contributed by atoms with Crippen LogP contribution in [0.5, 0.6) is 0 Å². The van der Waals surface area contributed by atoms with Gasteiger partial charge >= 0.3 is 0 Å². The lowest BCUT2D eigenvalue weighted by atomic mass is 9.99. The number of carbonyl (C=O) groups is 1. The number of benzene rings is 1. The molecule has 1 aliphatic heterocycles. The van der Waals surface area contributed by atoms with Gasteiger partial charge in [-0.05, 0) is 38.8 Å². The van der Waals surface area contributed by atoms with Crippen LogP contribution in [-0.4, -0.2) is 35.5 Å². The molecule has 1 atom stereocenters. The van der Waals surface area contributed by atoms with Gasteiger partial charge in [-0.25, -0.2) is 0 Å². The SMILES string of the molecule is CC(C)(N)CNC(=O)C1CCCCN1Cc1ccccc1.Cl.Cl. The second-order valence-electron chi connectivity index (χ2n) is 6.67. The number of carbonyl (C=O) groups excluding carboxylic acids is 1. The van der Waals surface area contributed by atoms with Gasteiger partial charge in [0.2, 0.25) is 5.91 Å². The number of nitrogens with two attached hydrogens (primary N) is 1. The number of nitrogens with zero attached hydrogens (tertiary/aromatic N) is 1. The summed E-state index contributed by atoms with van der Waals surface area (Å²) in [5.74, 6) is 0.115. The topological polar surface area (TPSA) is 58.4 Å². The molecule has 0 spiro atoms. The number of piperidine rings is 1. The molecule has 0 bridgehead atoms. The molecule has 132 valence electrons. The number of hydrogen-bond acceptors (Lipinski definition) is 3. The molecule has 1 saturated heterocycles. The Morgan fingerprint density at radius 2 is 1.91 bits per heavy atom. The molecule has 2 rings (SSSR count). The summed E-state index contributed by atoms with van der Waals surface area (Å²) >= 11 is 0. The molecule has 23 heavy (non-hydrogen) atoms. The Bertz CT molecular complexity index is 463. The molecule has 1 aliphatic rings. The summed E-state index contributed by atoms with van der Waals surface area (Å²) in [6.45, 7) is 6.19. The number of nitrogens with one attached hydrogen (secondary N) is 1. The first kappa shape index (κ1) is 22.2. The van der Waals surface area contributed by atoms with Gasteiger partial charge in [0.25, 0.3) is 0 Å². The van der Waals surface area contributed by atoms with Gasteiger partial charge in [0.1, 0.15) is 0 Å². The highest BCUT2D eigenvalue weighted by atomic mass is 35.5. The minimum atomic E-state index is -0.366. The third-order valence-electron chi connectivity index (χ3n) is 3.86. The number of hydrogen-bond donors (Lipinski definition) is 2. The lowest BCUT2D eigenvalue weighted by molar-refractivity contribution is -0.128. The van der Waals surface area contributed by atoms with Gasteiger partial charge in [-0.2, -0.15) is 0 Å².